The maximum atomic E-state index is 9.15. The summed E-state index contributed by atoms with van der Waals surface area (Å²) < 4.78 is 2.13. The number of thioether (sulfide) groups is 2. The van der Waals surface area contributed by atoms with Crippen molar-refractivity contribution in [2.24, 2.45) is 0 Å². The van der Waals surface area contributed by atoms with E-state index in [2.05, 4.69) is 15.0 Å². The third-order valence-corrected chi connectivity index (χ3v) is 5.99. The Morgan fingerprint density at radius 3 is 3.11 bits per heavy atom. The van der Waals surface area contributed by atoms with Gasteiger partial charge >= 0.3 is 0 Å². The van der Waals surface area contributed by atoms with Crippen LogP contribution >= 0.6 is 35.1 Å². The Morgan fingerprint density at radius 1 is 1.56 bits per heavy atom. The van der Waals surface area contributed by atoms with Crippen molar-refractivity contribution in [3.63, 3.8) is 0 Å². The highest BCUT2D eigenvalue weighted by molar-refractivity contribution is 8.20. The summed E-state index contributed by atoms with van der Waals surface area (Å²) in [5.74, 6) is 1.03. The van der Waals surface area contributed by atoms with Crippen molar-refractivity contribution < 1.29 is 5.11 Å². The molecule has 0 amide bonds. The van der Waals surface area contributed by atoms with Crippen molar-refractivity contribution in [1.29, 1.82) is 0 Å². The van der Waals surface area contributed by atoms with Gasteiger partial charge < -0.3 is 15.4 Å². The molecule has 2 aromatic heterocycles. The monoisotopic (exact) mass is 303 g/mol. The molecule has 9 heteroatoms. The zero-order valence-electron chi connectivity index (χ0n) is 9.15. The molecule has 0 aliphatic carbocycles. The van der Waals surface area contributed by atoms with Crippen LogP contribution in [0.25, 0.3) is 11.2 Å². The van der Waals surface area contributed by atoms with E-state index in [1.165, 1.54) is 0 Å². The Labute approximate surface area is 116 Å². The van der Waals surface area contributed by atoms with E-state index in [4.69, 9.17) is 22.4 Å². The summed E-state index contributed by atoms with van der Waals surface area (Å²) in [6, 6.07) is 0. The second-order valence-electron chi connectivity index (χ2n) is 3.73. The Hall–Kier alpha value is -0.700. The summed E-state index contributed by atoms with van der Waals surface area (Å²) in [7, 11) is 0. The molecule has 0 unspecified atom stereocenters. The molecule has 1 fully saturated rings. The molecule has 0 bridgehead atoms. The number of nitrogens with two attached hydrogens (primary N) is 1. The Kier molecular flexibility index (Phi) is 3.27. The first kappa shape index (κ1) is 12.3. The van der Waals surface area contributed by atoms with Gasteiger partial charge in [-0.15, -0.1) is 23.5 Å². The number of rotatable bonds is 2. The predicted octanol–water partition coefficient (Wildman–Crippen LogP) is 1.36. The van der Waals surface area contributed by atoms with E-state index in [-0.39, 0.29) is 27.7 Å². The lowest BCUT2D eigenvalue weighted by atomic mass is 10.5. The molecule has 1 saturated heterocycles. The highest BCUT2D eigenvalue weighted by Crippen LogP contribution is 2.44. The number of hydrogen-bond donors (Lipinski definition) is 2. The number of aromatic nitrogens is 4. The number of aliphatic hydroxyl groups excluding tert-OH is 1. The van der Waals surface area contributed by atoms with Crippen LogP contribution in [0.5, 0.6) is 0 Å². The molecule has 0 aromatic carbocycles. The minimum absolute atomic E-state index is 0.142. The van der Waals surface area contributed by atoms with E-state index in [0.717, 1.165) is 5.75 Å². The fourth-order valence-electron chi connectivity index (χ4n) is 1.79. The molecule has 1 aliphatic rings. The normalized spacial score (nSPS) is 23.9. The standard InChI is InChI=1S/C9H10ClN5OS2/c10-7-6-8(14-9(11)13-7)15(3-12-6)4-2-17-5(1-16)18-4/h3-5,16H,1-2H2,(H2,11,13,14)/t4-,5-/m1/s1. The molecule has 18 heavy (non-hydrogen) atoms. The average molecular weight is 304 g/mol. The third kappa shape index (κ3) is 2.03. The largest absolute Gasteiger partial charge is 0.394 e. The van der Waals surface area contributed by atoms with Crippen LogP contribution in [0.4, 0.5) is 5.95 Å². The van der Waals surface area contributed by atoms with Gasteiger partial charge in [0, 0.05) is 5.75 Å². The smallest absolute Gasteiger partial charge is 0.223 e. The number of nitrogen functional groups attached to an aromatic ring is 1. The maximum absolute atomic E-state index is 9.15. The molecule has 2 atom stereocenters. The van der Waals surface area contributed by atoms with E-state index in [1.54, 1.807) is 29.9 Å². The highest BCUT2D eigenvalue weighted by Gasteiger charge is 2.28. The molecule has 0 spiro atoms. The zero-order chi connectivity index (χ0) is 12.7. The van der Waals surface area contributed by atoms with E-state index >= 15 is 0 Å². The first-order chi connectivity index (χ1) is 8.69. The van der Waals surface area contributed by atoms with Gasteiger partial charge in [-0.2, -0.15) is 9.97 Å². The fraction of sp³-hybridized carbons (Fsp3) is 0.444. The molecule has 3 N–H and O–H groups in total. The van der Waals surface area contributed by atoms with Crippen LogP contribution in [0.2, 0.25) is 5.15 Å². The van der Waals surface area contributed by atoms with E-state index in [9.17, 15) is 0 Å². The topological polar surface area (TPSA) is 89.8 Å². The van der Waals surface area contributed by atoms with Gasteiger partial charge in [0.05, 0.1) is 22.9 Å². The zero-order valence-corrected chi connectivity index (χ0v) is 11.5. The van der Waals surface area contributed by atoms with Crippen LogP contribution < -0.4 is 5.73 Å². The number of anilines is 1. The van der Waals surface area contributed by atoms with Gasteiger partial charge in [-0.25, -0.2) is 4.98 Å². The van der Waals surface area contributed by atoms with Crippen molar-refractivity contribution in [3.8, 4) is 0 Å². The van der Waals surface area contributed by atoms with Crippen molar-refractivity contribution >= 4 is 52.2 Å². The maximum Gasteiger partial charge on any atom is 0.223 e. The lowest BCUT2D eigenvalue weighted by molar-refractivity contribution is 0.316. The van der Waals surface area contributed by atoms with Gasteiger partial charge in [0.25, 0.3) is 0 Å². The Morgan fingerprint density at radius 2 is 2.39 bits per heavy atom. The molecule has 3 heterocycles. The van der Waals surface area contributed by atoms with Crippen LogP contribution in [-0.4, -0.2) is 41.6 Å². The summed E-state index contributed by atoms with van der Waals surface area (Å²) in [6.45, 7) is 0.163. The Bertz CT molecular complexity index is 592. The molecule has 6 nitrogen and oxygen atoms in total. The number of fused-ring (bicyclic) bond motifs is 1. The van der Waals surface area contributed by atoms with Crippen LogP contribution in [0.1, 0.15) is 5.37 Å². The number of halogens is 1. The molecule has 3 rings (SSSR count). The van der Waals surface area contributed by atoms with Crippen LogP contribution in [0, 0.1) is 0 Å². The van der Waals surface area contributed by atoms with E-state index in [1.807, 2.05) is 4.57 Å². The number of nitrogens with zero attached hydrogens (tertiary/aromatic N) is 4. The minimum Gasteiger partial charge on any atom is -0.394 e. The summed E-state index contributed by atoms with van der Waals surface area (Å²) in [5.41, 5.74) is 6.81. The van der Waals surface area contributed by atoms with Crippen LogP contribution in [0.15, 0.2) is 6.33 Å². The molecular formula is C9H10ClN5OS2. The van der Waals surface area contributed by atoms with Gasteiger partial charge in [-0.1, -0.05) is 11.6 Å². The average Bonchev–Trinajstić information content (AvgIpc) is 2.93. The predicted molar refractivity (Wildman–Crippen MR) is 74.7 cm³/mol. The summed E-state index contributed by atoms with van der Waals surface area (Å²) >= 11 is 9.39. The van der Waals surface area contributed by atoms with Crippen LogP contribution in [0.3, 0.4) is 0 Å². The fourth-order valence-corrected chi connectivity index (χ4v) is 4.87. The first-order valence-electron chi connectivity index (χ1n) is 5.22. The van der Waals surface area contributed by atoms with E-state index < -0.39 is 0 Å². The third-order valence-electron chi connectivity index (χ3n) is 2.59. The van der Waals surface area contributed by atoms with Gasteiger partial charge in [0.1, 0.15) is 5.52 Å². The van der Waals surface area contributed by atoms with Gasteiger partial charge in [0.2, 0.25) is 5.95 Å². The quantitative estimate of drug-likeness (QED) is 0.810. The van der Waals surface area contributed by atoms with E-state index in [0.29, 0.717) is 11.2 Å². The van der Waals surface area contributed by atoms with Gasteiger partial charge in [-0.05, 0) is 0 Å². The molecule has 96 valence electrons. The minimum atomic E-state index is 0.142. The second-order valence-corrected chi connectivity index (χ2v) is 7.01. The number of aliphatic hydroxyl groups is 1. The number of hydrogen-bond acceptors (Lipinski definition) is 7. The molecular weight excluding hydrogens is 294 g/mol. The molecule has 2 aromatic rings. The lowest BCUT2D eigenvalue weighted by Crippen LogP contribution is -2.06. The van der Waals surface area contributed by atoms with Crippen molar-refractivity contribution in [1.82, 2.24) is 19.5 Å². The molecule has 0 saturated carbocycles. The van der Waals surface area contributed by atoms with Gasteiger partial charge in [-0.3, -0.25) is 0 Å². The van der Waals surface area contributed by atoms with Gasteiger partial charge in [0.15, 0.2) is 10.8 Å². The lowest BCUT2D eigenvalue weighted by Gasteiger charge is -2.11. The summed E-state index contributed by atoms with van der Waals surface area (Å²) in [6.07, 6.45) is 1.70. The second kappa shape index (κ2) is 4.76. The molecule has 0 radical (unpaired) electrons. The van der Waals surface area contributed by atoms with Crippen molar-refractivity contribution in [2.75, 3.05) is 18.1 Å². The highest BCUT2D eigenvalue weighted by atomic mass is 35.5. The number of imidazole rings is 1. The SMILES string of the molecule is Nc1nc(Cl)c2ncn([C@H]3CS[C@@H](CO)S3)c2n1. The first-order valence-corrected chi connectivity index (χ1v) is 7.59. The van der Waals surface area contributed by atoms with Crippen LogP contribution in [-0.2, 0) is 0 Å². The molecule has 1 aliphatic heterocycles. The summed E-state index contributed by atoms with van der Waals surface area (Å²) in [5, 5.41) is 9.60. The van der Waals surface area contributed by atoms with Crippen molar-refractivity contribution in [2.45, 2.75) is 9.96 Å². The Balaban J connectivity index is 2.03. The summed E-state index contributed by atoms with van der Waals surface area (Å²) in [4.78, 5) is 12.3. The van der Waals surface area contributed by atoms with Crippen molar-refractivity contribution in [3.05, 3.63) is 11.5 Å².